The van der Waals surface area contributed by atoms with Gasteiger partial charge < -0.3 is 14.6 Å². The molecule has 1 N–H and O–H groups in total. The van der Waals surface area contributed by atoms with Gasteiger partial charge in [0, 0.05) is 33.1 Å². The molecular formula is C30H38F6O5. The summed E-state index contributed by atoms with van der Waals surface area (Å²) in [5, 5.41) is 9.41. The molecule has 1 unspecified atom stereocenters. The number of hydrogen-bond acceptors (Lipinski definition) is 5. The predicted octanol–water partition coefficient (Wildman–Crippen LogP) is 7.46. The molecule has 3 rings (SSSR count). The van der Waals surface area contributed by atoms with Gasteiger partial charge in [-0.1, -0.05) is 54.9 Å². The summed E-state index contributed by atoms with van der Waals surface area (Å²) in [5.41, 5.74) is -2.02. The van der Waals surface area contributed by atoms with E-state index in [1.54, 1.807) is 6.92 Å². The molecule has 0 bridgehead atoms. The molecule has 5 atom stereocenters. The lowest BCUT2D eigenvalue weighted by molar-refractivity contribution is -0.347. The highest BCUT2D eigenvalue weighted by atomic mass is 19.4. The second-order valence-electron chi connectivity index (χ2n) is 11.7. The maximum atomic E-state index is 13.0. The number of esters is 2. The number of aliphatic hydroxyl groups is 1. The Morgan fingerprint density at radius 2 is 1.61 bits per heavy atom. The van der Waals surface area contributed by atoms with Crippen LogP contribution in [0, 0.1) is 17.3 Å². The molecule has 2 fully saturated rings. The van der Waals surface area contributed by atoms with Crippen LogP contribution < -0.4 is 0 Å². The average molecular weight is 593 g/mol. The molecule has 3 aliphatic carbocycles. The lowest BCUT2D eigenvalue weighted by atomic mass is 9.62. The zero-order valence-corrected chi connectivity index (χ0v) is 23.7. The van der Waals surface area contributed by atoms with Crippen LogP contribution in [-0.2, 0) is 19.1 Å². The minimum absolute atomic E-state index is 0.0826. The summed E-state index contributed by atoms with van der Waals surface area (Å²) in [6, 6.07) is 0. The normalized spacial score (nSPS) is 29.2. The molecule has 3 aliphatic rings. The number of allylic oxidation sites excluding steroid dienone is 6. The number of hydrogen-bond donors (Lipinski definition) is 1. The van der Waals surface area contributed by atoms with Crippen molar-refractivity contribution in [2.45, 2.75) is 109 Å². The third-order valence-corrected chi connectivity index (χ3v) is 8.56. The van der Waals surface area contributed by atoms with Crippen molar-refractivity contribution in [2.75, 3.05) is 0 Å². The largest absolute Gasteiger partial charge is 0.462 e. The second kappa shape index (κ2) is 12.4. The van der Waals surface area contributed by atoms with Crippen molar-refractivity contribution in [3.8, 4) is 0 Å². The first kappa shape index (κ1) is 32.9. The third kappa shape index (κ3) is 7.45. The Bertz CT molecular complexity index is 1080. The Morgan fingerprint density at radius 3 is 2.12 bits per heavy atom. The van der Waals surface area contributed by atoms with E-state index in [2.05, 4.69) is 13.0 Å². The van der Waals surface area contributed by atoms with Crippen molar-refractivity contribution >= 4 is 11.9 Å². The lowest BCUT2D eigenvalue weighted by Gasteiger charge is -2.42. The van der Waals surface area contributed by atoms with E-state index in [9.17, 15) is 41.0 Å². The first-order valence-electron chi connectivity index (χ1n) is 13.8. The minimum atomic E-state index is -5.89. The van der Waals surface area contributed by atoms with Crippen LogP contribution in [0.2, 0.25) is 0 Å². The maximum Gasteiger partial charge on any atom is 0.429 e. The van der Waals surface area contributed by atoms with E-state index < -0.39 is 42.1 Å². The van der Waals surface area contributed by atoms with Crippen LogP contribution in [0.3, 0.4) is 0 Å². The molecule has 0 radical (unpaired) electrons. The van der Waals surface area contributed by atoms with E-state index in [4.69, 9.17) is 9.47 Å². The van der Waals surface area contributed by atoms with Crippen molar-refractivity contribution in [1.29, 1.82) is 0 Å². The molecule has 5 nitrogen and oxygen atoms in total. The van der Waals surface area contributed by atoms with Gasteiger partial charge in [0.15, 0.2) is 0 Å². The van der Waals surface area contributed by atoms with Crippen LogP contribution in [0.25, 0.3) is 0 Å². The first-order chi connectivity index (χ1) is 18.9. The summed E-state index contributed by atoms with van der Waals surface area (Å²) in [7, 11) is 0. The monoisotopic (exact) mass is 592 g/mol. The Balaban J connectivity index is 1.75. The summed E-state index contributed by atoms with van der Waals surface area (Å²) in [4.78, 5) is 23.0. The summed E-state index contributed by atoms with van der Waals surface area (Å²) in [6.07, 6.45) is -1.22. The smallest absolute Gasteiger partial charge is 0.429 e. The first-order valence-corrected chi connectivity index (χ1v) is 13.8. The number of carbonyl (C=O) groups is 2. The third-order valence-electron chi connectivity index (χ3n) is 8.56. The molecule has 230 valence electrons. The fourth-order valence-electron chi connectivity index (χ4n) is 6.67. The molecule has 11 heteroatoms. The quantitative estimate of drug-likeness (QED) is 0.189. The van der Waals surface area contributed by atoms with Gasteiger partial charge in [0.05, 0.1) is 0 Å². The van der Waals surface area contributed by atoms with E-state index in [1.807, 2.05) is 12.2 Å². The van der Waals surface area contributed by atoms with Gasteiger partial charge in [-0.15, -0.1) is 0 Å². The highest BCUT2D eigenvalue weighted by molar-refractivity contribution is 5.67. The molecule has 0 saturated heterocycles. The number of ether oxygens (including phenoxy) is 2. The summed E-state index contributed by atoms with van der Waals surface area (Å²) in [5.74, 6) is -1.01. The molecule has 41 heavy (non-hydrogen) atoms. The standard InChI is InChI=1S/C30H38F6O5/c1-18(7-5-14-28(39,29(31,32)33)30(34,35)36)25-11-12-26-22(8-6-13-27(25,26)4)10-9-21-15-23(40-19(2)37)17-24(16-21)41-20(3)38/h5,9-11,14,18,23-24,26,39H,6-8,12-13,15-17H2,1-4H3/b14-5-,22-10+/t18-,23-,24-,26?,27-/m1/s1. The van der Waals surface area contributed by atoms with Crippen LogP contribution in [0.4, 0.5) is 26.3 Å². The average Bonchev–Trinajstić information content (AvgIpc) is 3.17. The number of carbonyl (C=O) groups excluding carboxylic acids is 2. The molecule has 0 aromatic carbocycles. The summed E-state index contributed by atoms with van der Waals surface area (Å²) < 4.78 is 88.9. The van der Waals surface area contributed by atoms with Gasteiger partial charge in [-0.05, 0) is 55.4 Å². The Hall–Kier alpha value is -2.56. The molecular weight excluding hydrogens is 554 g/mol. The second-order valence-corrected chi connectivity index (χ2v) is 11.7. The highest BCUT2D eigenvalue weighted by Crippen LogP contribution is 2.57. The Kier molecular flexibility index (Phi) is 9.93. The molecule has 0 spiro atoms. The van der Waals surface area contributed by atoms with Gasteiger partial charge in [-0.25, -0.2) is 0 Å². The van der Waals surface area contributed by atoms with E-state index in [0.717, 1.165) is 36.5 Å². The van der Waals surface area contributed by atoms with Crippen molar-refractivity contribution in [3.63, 3.8) is 0 Å². The SMILES string of the molecule is CC(=O)O[C@@H]1CC(=C/C=C2\CCC[C@]3(C)C([C@H](C)C/C=C\C(O)(C(F)(F)F)C(F)(F)F)=CCC23)C[C@@H](OC(C)=O)C1. The van der Waals surface area contributed by atoms with Crippen LogP contribution in [0.1, 0.15) is 79.1 Å². The number of fused-ring (bicyclic) bond motifs is 1. The molecule has 0 amide bonds. The molecule has 0 aromatic rings. The van der Waals surface area contributed by atoms with E-state index >= 15 is 0 Å². The van der Waals surface area contributed by atoms with Gasteiger partial charge in [0.2, 0.25) is 0 Å². The van der Waals surface area contributed by atoms with Crippen LogP contribution >= 0.6 is 0 Å². The topological polar surface area (TPSA) is 72.8 Å². The maximum absolute atomic E-state index is 13.0. The zero-order valence-electron chi connectivity index (χ0n) is 23.7. The Morgan fingerprint density at radius 1 is 1.05 bits per heavy atom. The van der Waals surface area contributed by atoms with E-state index in [0.29, 0.717) is 25.7 Å². The predicted molar refractivity (Wildman–Crippen MR) is 139 cm³/mol. The van der Waals surface area contributed by atoms with Crippen molar-refractivity contribution in [2.24, 2.45) is 17.3 Å². The minimum Gasteiger partial charge on any atom is -0.462 e. The van der Waals surface area contributed by atoms with Crippen LogP contribution in [0.5, 0.6) is 0 Å². The van der Waals surface area contributed by atoms with E-state index in [1.165, 1.54) is 19.4 Å². The van der Waals surface area contributed by atoms with Gasteiger partial charge in [0.25, 0.3) is 5.60 Å². The fourth-order valence-corrected chi connectivity index (χ4v) is 6.67. The van der Waals surface area contributed by atoms with Gasteiger partial charge in [0.1, 0.15) is 12.2 Å². The van der Waals surface area contributed by atoms with Gasteiger partial charge in [-0.3, -0.25) is 9.59 Å². The van der Waals surface area contributed by atoms with E-state index in [-0.39, 0.29) is 29.7 Å². The highest BCUT2D eigenvalue weighted by Gasteiger charge is 2.68. The molecule has 0 aliphatic heterocycles. The van der Waals surface area contributed by atoms with Crippen molar-refractivity contribution in [3.05, 3.63) is 47.1 Å². The molecule has 0 heterocycles. The Labute approximate surface area is 236 Å². The van der Waals surface area contributed by atoms with Crippen molar-refractivity contribution in [1.82, 2.24) is 0 Å². The fraction of sp³-hybridized carbons (Fsp3) is 0.667. The van der Waals surface area contributed by atoms with Gasteiger partial charge >= 0.3 is 24.3 Å². The van der Waals surface area contributed by atoms with Crippen LogP contribution in [0.15, 0.2) is 47.1 Å². The van der Waals surface area contributed by atoms with Crippen LogP contribution in [-0.4, -0.2) is 47.2 Å². The summed E-state index contributed by atoms with van der Waals surface area (Å²) in [6.45, 7) is 6.53. The molecule has 2 saturated carbocycles. The van der Waals surface area contributed by atoms with Gasteiger partial charge in [-0.2, -0.15) is 26.3 Å². The zero-order chi connectivity index (χ0) is 30.8. The lowest BCUT2D eigenvalue weighted by Crippen LogP contribution is -2.55. The number of rotatable bonds is 7. The molecule has 0 aromatic heterocycles. The number of alkyl halides is 6. The summed E-state index contributed by atoms with van der Waals surface area (Å²) >= 11 is 0. The van der Waals surface area contributed by atoms with Crippen molar-refractivity contribution < 1.29 is 50.5 Å². The number of halogens is 6.